The molecule has 1 aromatic heterocycles. The minimum atomic E-state index is -2.43. The van der Waals surface area contributed by atoms with Gasteiger partial charge in [-0.25, -0.2) is 8.78 Å². The van der Waals surface area contributed by atoms with E-state index in [1.54, 1.807) is 0 Å². The van der Waals surface area contributed by atoms with Gasteiger partial charge in [-0.05, 0) is 25.2 Å². The zero-order chi connectivity index (χ0) is 17.3. The Morgan fingerprint density at radius 1 is 1.08 bits per heavy atom. The predicted molar refractivity (Wildman–Crippen MR) is 94.8 cm³/mol. The Balaban J connectivity index is 1.40. The molecule has 2 aliphatic rings. The maximum atomic E-state index is 13.3. The fourth-order valence-corrected chi connectivity index (χ4v) is 4.19. The van der Waals surface area contributed by atoms with Gasteiger partial charge in [0.15, 0.2) is 0 Å². The van der Waals surface area contributed by atoms with Gasteiger partial charge in [-0.3, -0.25) is 5.10 Å². The standard InChI is InChI=1S/C20H25F2N3/c21-20(22)10-6-15(7-11-20)14-25-12-8-17-18(9-13-25)23-24-19(17)16-4-2-1-3-5-16/h1-5,15H,6-14H2,(H,23,24). The minimum absolute atomic E-state index is 0.0621. The van der Waals surface area contributed by atoms with Crippen molar-refractivity contribution >= 4 is 0 Å². The molecule has 0 unspecified atom stereocenters. The van der Waals surface area contributed by atoms with Crippen LogP contribution in [0, 0.1) is 5.92 Å². The van der Waals surface area contributed by atoms with Crippen LogP contribution in [0.1, 0.15) is 36.9 Å². The Bertz CT molecular complexity index is 701. The van der Waals surface area contributed by atoms with Crippen LogP contribution >= 0.6 is 0 Å². The molecular weight excluding hydrogens is 320 g/mol. The maximum Gasteiger partial charge on any atom is 0.248 e. The largest absolute Gasteiger partial charge is 0.302 e. The van der Waals surface area contributed by atoms with E-state index in [1.165, 1.54) is 11.3 Å². The van der Waals surface area contributed by atoms with E-state index in [-0.39, 0.29) is 12.8 Å². The fraction of sp³-hybridized carbons (Fsp3) is 0.550. The van der Waals surface area contributed by atoms with Crippen molar-refractivity contribution in [1.82, 2.24) is 15.1 Å². The first-order valence-electron chi connectivity index (χ1n) is 9.32. The third-order valence-electron chi connectivity index (χ3n) is 5.71. The molecule has 0 spiro atoms. The topological polar surface area (TPSA) is 31.9 Å². The molecular formula is C20H25F2N3. The van der Waals surface area contributed by atoms with Crippen LogP contribution in [0.3, 0.4) is 0 Å². The van der Waals surface area contributed by atoms with Gasteiger partial charge in [-0.1, -0.05) is 30.3 Å². The molecule has 0 atom stereocenters. The second kappa shape index (κ2) is 6.87. The number of aromatic nitrogens is 2. The number of fused-ring (bicyclic) bond motifs is 1. The zero-order valence-electron chi connectivity index (χ0n) is 14.5. The lowest BCUT2D eigenvalue weighted by Gasteiger charge is -2.32. The first kappa shape index (κ1) is 16.7. The zero-order valence-corrected chi connectivity index (χ0v) is 14.5. The van der Waals surface area contributed by atoms with Gasteiger partial charge >= 0.3 is 0 Å². The summed E-state index contributed by atoms with van der Waals surface area (Å²) in [5, 5.41) is 7.76. The summed E-state index contributed by atoms with van der Waals surface area (Å²) in [5.41, 5.74) is 4.78. The summed E-state index contributed by atoms with van der Waals surface area (Å²) in [6.07, 6.45) is 3.37. The molecule has 1 aliphatic heterocycles. The van der Waals surface area contributed by atoms with Crippen LogP contribution in [0.25, 0.3) is 11.3 Å². The van der Waals surface area contributed by atoms with Crippen molar-refractivity contribution in [1.29, 1.82) is 0 Å². The number of benzene rings is 1. The number of halogens is 2. The summed E-state index contributed by atoms with van der Waals surface area (Å²) in [7, 11) is 0. The molecule has 1 fully saturated rings. The third-order valence-corrected chi connectivity index (χ3v) is 5.71. The Morgan fingerprint density at radius 3 is 2.56 bits per heavy atom. The van der Waals surface area contributed by atoms with Crippen molar-refractivity contribution in [3.05, 3.63) is 41.6 Å². The molecule has 5 heteroatoms. The second-order valence-electron chi connectivity index (χ2n) is 7.50. The van der Waals surface area contributed by atoms with Gasteiger partial charge in [0.25, 0.3) is 0 Å². The van der Waals surface area contributed by atoms with Gasteiger partial charge in [-0.15, -0.1) is 0 Å². The molecule has 0 radical (unpaired) electrons. The first-order valence-corrected chi connectivity index (χ1v) is 9.32. The maximum absolute atomic E-state index is 13.3. The van der Waals surface area contributed by atoms with Crippen LogP contribution in [-0.2, 0) is 12.8 Å². The van der Waals surface area contributed by atoms with Crippen molar-refractivity contribution in [2.45, 2.75) is 44.4 Å². The summed E-state index contributed by atoms with van der Waals surface area (Å²) in [6, 6.07) is 10.3. The fourth-order valence-electron chi connectivity index (χ4n) is 4.19. The van der Waals surface area contributed by atoms with Gasteiger partial charge in [0, 0.05) is 55.7 Å². The molecule has 1 aliphatic carbocycles. The summed E-state index contributed by atoms with van der Waals surface area (Å²) in [4.78, 5) is 2.46. The smallest absolute Gasteiger partial charge is 0.248 e. The van der Waals surface area contributed by atoms with E-state index < -0.39 is 5.92 Å². The number of rotatable bonds is 3. The van der Waals surface area contributed by atoms with E-state index in [2.05, 4.69) is 27.2 Å². The predicted octanol–water partition coefficient (Wildman–Crippen LogP) is 4.30. The van der Waals surface area contributed by atoms with Crippen LogP contribution in [0.15, 0.2) is 30.3 Å². The Kier molecular flexibility index (Phi) is 4.59. The monoisotopic (exact) mass is 345 g/mol. The molecule has 3 nitrogen and oxygen atoms in total. The van der Waals surface area contributed by atoms with Gasteiger partial charge in [0.05, 0.1) is 5.69 Å². The highest BCUT2D eigenvalue weighted by Crippen LogP contribution is 2.36. The van der Waals surface area contributed by atoms with Crippen LogP contribution in [0.5, 0.6) is 0 Å². The van der Waals surface area contributed by atoms with Crippen molar-refractivity contribution in [3.63, 3.8) is 0 Å². The quantitative estimate of drug-likeness (QED) is 0.899. The molecule has 1 aromatic carbocycles. The molecule has 134 valence electrons. The Labute approximate surface area is 147 Å². The number of aromatic amines is 1. The molecule has 25 heavy (non-hydrogen) atoms. The average molecular weight is 345 g/mol. The van der Waals surface area contributed by atoms with Crippen LogP contribution in [0.2, 0.25) is 0 Å². The number of nitrogens with zero attached hydrogens (tertiary/aromatic N) is 2. The van der Waals surface area contributed by atoms with Gasteiger partial charge < -0.3 is 4.90 Å². The van der Waals surface area contributed by atoms with Crippen LogP contribution in [0.4, 0.5) is 8.78 Å². The summed E-state index contributed by atoms with van der Waals surface area (Å²) < 4.78 is 26.7. The molecule has 1 N–H and O–H groups in total. The van der Waals surface area contributed by atoms with E-state index >= 15 is 0 Å². The van der Waals surface area contributed by atoms with Crippen molar-refractivity contribution in [2.24, 2.45) is 5.92 Å². The summed E-state index contributed by atoms with van der Waals surface area (Å²) >= 11 is 0. The number of alkyl halides is 2. The van der Waals surface area contributed by atoms with Crippen molar-refractivity contribution in [3.8, 4) is 11.3 Å². The van der Waals surface area contributed by atoms with Gasteiger partial charge in [0.2, 0.25) is 5.92 Å². The average Bonchev–Trinajstić information content (AvgIpc) is 2.92. The highest BCUT2D eigenvalue weighted by Gasteiger charge is 2.35. The van der Waals surface area contributed by atoms with E-state index in [0.29, 0.717) is 18.8 Å². The van der Waals surface area contributed by atoms with Gasteiger partial charge in [0.1, 0.15) is 0 Å². The molecule has 0 amide bonds. The van der Waals surface area contributed by atoms with Gasteiger partial charge in [-0.2, -0.15) is 5.10 Å². The Morgan fingerprint density at radius 2 is 1.80 bits per heavy atom. The van der Waals surface area contributed by atoms with Crippen LogP contribution < -0.4 is 0 Å². The molecule has 2 aromatic rings. The SMILES string of the molecule is FC1(F)CCC(CN2CCc3[nH]nc(-c4ccccc4)c3CC2)CC1. The first-order chi connectivity index (χ1) is 12.1. The van der Waals surface area contributed by atoms with Crippen molar-refractivity contribution < 1.29 is 8.78 Å². The van der Waals surface area contributed by atoms with Crippen LogP contribution in [-0.4, -0.2) is 40.7 Å². The Hall–Kier alpha value is -1.75. The lowest BCUT2D eigenvalue weighted by Crippen LogP contribution is -2.35. The molecule has 0 saturated heterocycles. The lowest BCUT2D eigenvalue weighted by molar-refractivity contribution is -0.0487. The number of hydrogen-bond donors (Lipinski definition) is 1. The van der Waals surface area contributed by atoms with E-state index in [9.17, 15) is 8.78 Å². The summed E-state index contributed by atoms with van der Waals surface area (Å²) in [5.74, 6) is -2.01. The lowest BCUT2D eigenvalue weighted by atomic mass is 9.86. The highest BCUT2D eigenvalue weighted by atomic mass is 19.3. The highest BCUT2D eigenvalue weighted by molar-refractivity contribution is 5.64. The second-order valence-corrected chi connectivity index (χ2v) is 7.50. The normalized spacial score (nSPS) is 21.7. The molecule has 2 heterocycles. The minimum Gasteiger partial charge on any atom is -0.302 e. The number of hydrogen-bond acceptors (Lipinski definition) is 2. The third kappa shape index (κ3) is 3.76. The molecule has 0 bridgehead atoms. The molecule has 4 rings (SSSR count). The van der Waals surface area contributed by atoms with E-state index in [1.807, 2.05) is 18.2 Å². The van der Waals surface area contributed by atoms with Crippen molar-refractivity contribution in [2.75, 3.05) is 19.6 Å². The molecule has 1 saturated carbocycles. The summed E-state index contributed by atoms with van der Waals surface area (Å²) in [6.45, 7) is 2.92. The number of nitrogens with one attached hydrogen (secondary N) is 1. The van der Waals surface area contributed by atoms with E-state index in [0.717, 1.165) is 43.7 Å². The number of H-pyrrole nitrogens is 1. The van der Waals surface area contributed by atoms with E-state index in [4.69, 9.17) is 0 Å².